The average Bonchev–Trinajstić information content (AvgIpc) is 3.72. The monoisotopic (exact) mass is 833 g/mol. The van der Waals surface area contributed by atoms with Gasteiger partial charge in [0.15, 0.2) is 18.3 Å². The average molecular weight is 834 g/mol. The number of piperidine rings is 2. The first-order valence-corrected chi connectivity index (χ1v) is 20.8. The molecular formula is C44H63N7O9. The number of amides is 5. The van der Waals surface area contributed by atoms with Gasteiger partial charge in [0.1, 0.15) is 6.04 Å². The number of nitrogens with zero attached hydrogens (tertiary/aromatic N) is 6. The molecule has 3 aromatic rings. The molecule has 60 heavy (non-hydrogen) atoms. The van der Waals surface area contributed by atoms with Crippen LogP contribution in [0.2, 0.25) is 0 Å². The van der Waals surface area contributed by atoms with Gasteiger partial charge in [-0.2, -0.15) is 0 Å². The molecule has 5 heterocycles. The molecule has 2 atom stereocenters. The molecule has 0 unspecified atom stereocenters. The first-order valence-electron chi connectivity index (χ1n) is 20.8. The summed E-state index contributed by atoms with van der Waals surface area (Å²) in [6, 6.07) is 11.3. The Morgan fingerprint density at radius 2 is 1.60 bits per heavy atom. The fourth-order valence-electron chi connectivity index (χ4n) is 8.39. The number of benzene rings is 2. The van der Waals surface area contributed by atoms with Crippen LogP contribution in [0.25, 0.3) is 11.1 Å². The van der Waals surface area contributed by atoms with E-state index in [1.54, 1.807) is 37.0 Å². The molecule has 0 saturated carbocycles. The van der Waals surface area contributed by atoms with E-state index in [2.05, 4.69) is 12.2 Å². The first kappa shape index (κ1) is 45.7. The number of oxazole rings is 1. The second kappa shape index (κ2) is 20.3. The van der Waals surface area contributed by atoms with Gasteiger partial charge in [-0.3, -0.25) is 23.9 Å². The van der Waals surface area contributed by atoms with E-state index in [-0.39, 0.29) is 56.4 Å². The van der Waals surface area contributed by atoms with Crippen LogP contribution < -0.4 is 11.1 Å². The van der Waals surface area contributed by atoms with Crippen molar-refractivity contribution in [2.45, 2.75) is 90.8 Å². The lowest BCUT2D eigenvalue weighted by atomic mass is 9.98. The van der Waals surface area contributed by atoms with Crippen LogP contribution in [0.3, 0.4) is 0 Å². The van der Waals surface area contributed by atoms with E-state index < -0.39 is 18.0 Å². The van der Waals surface area contributed by atoms with Crippen molar-refractivity contribution < 1.29 is 37.9 Å². The second-order valence-corrected chi connectivity index (χ2v) is 16.6. The Bertz CT molecular complexity index is 2060. The molecule has 0 radical (unpaired) electrons. The molecule has 7 rings (SSSR count). The van der Waals surface area contributed by atoms with E-state index >= 15 is 0 Å². The van der Waals surface area contributed by atoms with Gasteiger partial charge in [0.05, 0.1) is 5.52 Å². The number of esters is 1. The number of urea groups is 1. The Balaban J connectivity index is 0.000000362. The van der Waals surface area contributed by atoms with Gasteiger partial charge in [-0.15, -0.1) is 0 Å². The molecule has 16 nitrogen and oxygen atoms in total. The summed E-state index contributed by atoms with van der Waals surface area (Å²) in [5, 5.41) is 3.03. The van der Waals surface area contributed by atoms with Gasteiger partial charge in [0, 0.05) is 72.0 Å². The largest absolute Gasteiger partial charge is 0.454 e. The summed E-state index contributed by atoms with van der Waals surface area (Å²) < 4.78 is 17.8. The van der Waals surface area contributed by atoms with E-state index in [1.807, 2.05) is 54.1 Å². The molecule has 0 aliphatic carbocycles. The highest BCUT2D eigenvalue weighted by Gasteiger charge is 2.36. The maximum atomic E-state index is 13.8. The van der Waals surface area contributed by atoms with Crippen LogP contribution in [0.4, 0.5) is 15.3 Å². The highest BCUT2D eigenvalue weighted by molar-refractivity contribution is 5.91. The molecule has 4 aliphatic rings. The number of nitrogens with one attached hydrogen (secondary N) is 1. The maximum Gasteiger partial charge on any atom is 0.419 e. The molecule has 16 heteroatoms. The minimum Gasteiger partial charge on any atom is -0.454 e. The quantitative estimate of drug-likeness (QED) is 0.316. The van der Waals surface area contributed by atoms with Gasteiger partial charge in [-0.25, -0.2) is 14.4 Å². The Labute approximate surface area is 352 Å². The van der Waals surface area contributed by atoms with Gasteiger partial charge in [0.2, 0.25) is 0 Å². The fraction of sp³-hybridized carbons (Fsp3) is 0.591. The van der Waals surface area contributed by atoms with Crippen LogP contribution in [-0.4, -0.2) is 144 Å². The second-order valence-electron chi connectivity index (χ2n) is 16.6. The zero-order chi connectivity index (χ0) is 42.4. The standard InChI is InChI=1S/C33H41N5O6.C10H18N2O3.CH4/c1-21-8-13-36(14-9-21)30(39)28(20-23-18-22(2)29-27(19-23)43-32(41)35(29)3)44-33(42)37-15-11-25(12-16-37)38-17-10-24-6-4-5-7-26(24)34-31(38)40;1-11(2)9(13)7-15-10(14)8-5-4-6-12(8)3;/h4-7,18-19,21,25,28H,8-17,20H2,1-3H3,(H,34,40);8H,4-7H2,1-3H3;1H4/t28-;8-;/m10./s1. The van der Waals surface area contributed by atoms with E-state index in [0.717, 1.165) is 61.0 Å². The fourth-order valence-corrected chi connectivity index (χ4v) is 8.39. The van der Waals surface area contributed by atoms with E-state index in [1.165, 1.54) is 9.47 Å². The minimum atomic E-state index is -1.00. The summed E-state index contributed by atoms with van der Waals surface area (Å²) in [5.41, 5.74) is 4.72. The molecule has 0 spiro atoms. The van der Waals surface area contributed by atoms with Crippen molar-refractivity contribution in [3.8, 4) is 0 Å². The number of hydrogen-bond acceptors (Lipinski definition) is 10. The summed E-state index contributed by atoms with van der Waals surface area (Å²) in [6.45, 7) is 7.59. The molecule has 5 amide bonds. The van der Waals surface area contributed by atoms with Crippen LogP contribution in [0.1, 0.15) is 69.6 Å². The van der Waals surface area contributed by atoms with Crippen molar-refractivity contribution in [1.82, 2.24) is 29.1 Å². The number of likely N-dealkylation sites (N-methyl/N-ethyl adjacent to an activating group) is 2. The molecule has 1 N–H and O–H groups in total. The van der Waals surface area contributed by atoms with E-state index in [9.17, 15) is 28.8 Å². The number of hydrogen-bond donors (Lipinski definition) is 1. The summed E-state index contributed by atoms with van der Waals surface area (Å²) in [5.74, 6) is -0.581. The highest BCUT2D eigenvalue weighted by atomic mass is 16.6. The Morgan fingerprint density at radius 3 is 2.27 bits per heavy atom. The van der Waals surface area contributed by atoms with Gasteiger partial charge in [-0.1, -0.05) is 38.6 Å². The number of rotatable bonds is 8. The number of carbonyl (C=O) groups excluding carboxylic acids is 5. The van der Waals surface area contributed by atoms with Crippen LogP contribution in [-0.2, 0) is 43.7 Å². The van der Waals surface area contributed by atoms with Crippen molar-refractivity contribution >= 4 is 46.7 Å². The minimum absolute atomic E-state index is 0. The summed E-state index contributed by atoms with van der Waals surface area (Å²) in [4.78, 5) is 83.8. The van der Waals surface area contributed by atoms with Crippen molar-refractivity contribution in [2.24, 2.45) is 13.0 Å². The number of para-hydroxylation sites is 1. The van der Waals surface area contributed by atoms with Gasteiger partial charge in [0.25, 0.3) is 11.8 Å². The normalized spacial score (nSPS) is 19.3. The first-order chi connectivity index (χ1) is 28.2. The number of ether oxygens (including phenoxy) is 2. The highest BCUT2D eigenvalue weighted by Crippen LogP contribution is 2.27. The van der Waals surface area contributed by atoms with Crippen molar-refractivity contribution in [3.63, 3.8) is 0 Å². The van der Waals surface area contributed by atoms with Gasteiger partial charge in [-0.05, 0) is 100 Å². The molecule has 2 aromatic carbocycles. The number of anilines is 1. The molecule has 1 aromatic heterocycles. The predicted molar refractivity (Wildman–Crippen MR) is 228 cm³/mol. The Kier molecular flexibility index (Phi) is 15.4. The maximum absolute atomic E-state index is 13.8. The molecular weight excluding hydrogens is 771 g/mol. The van der Waals surface area contributed by atoms with Crippen LogP contribution in [0.5, 0.6) is 0 Å². The summed E-state index contributed by atoms with van der Waals surface area (Å²) >= 11 is 0. The number of carbonyl (C=O) groups is 5. The van der Waals surface area contributed by atoms with E-state index in [4.69, 9.17) is 13.9 Å². The molecule has 0 bridgehead atoms. The third-order valence-corrected chi connectivity index (χ3v) is 12.1. The molecule has 4 aliphatic heterocycles. The van der Waals surface area contributed by atoms with Crippen LogP contribution in [0, 0.1) is 12.8 Å². The Morgan fingerprint density at radius 1 is 0.917 bits per heavy atom. The van der Waals surface area contributed by atoms with Gasteiger partial charge < -0.3 is 38.8 Å². The van der Waals surface area contributed by atoms with Crippen molar-refractivity contribution in [1.29, 1.82) is 0 Å². The zero-order valence-corrected chi connectivity index (χ0v) is 35.2. The molecule has 3 fully saturated rings. The topological polar surface area (TPSA) is 167 Å². The van der Waals surface area contributed by atoms with Gasteiger partial charge >= 0.3 is 23.8 Å². The van der Waals surface area contributed by atoms with E-state index in [0.29, 0.717) is 62.6 Å². The van der Waals surface area contributed by atoms with Crippen LogP contribution in [0.15, 0.2) is 45.6 Å². The summed E-state index contributed by atoms with van der Waals surface area (Å²) in [7, 11) is 6.83. The van der Waals surface area contributed by atoms with Crippen LogP contribution >= 0.6 is 0 Å². The lowest BCUT2D eigenvalue weighted by Gasteiger charge is -2.38. The van der Waals surface area contributed by atoms with Crippen molar-refractivity contribution in [2.75, 3.05) is 72.3 Å². The molecule has 3 saturated heterocycles. The molecule has 328 valence electrons. The zero-order valence-electron chi connectivity index (χ0n) is 35.2. The number of aromatic nitrogens is 1. The van der Waals surface area contributed by atoms with Crippen molar-refractivity contribution in [3.05, 3.63) is 63.6 Å². The Hall–Kier alpha value is -5.38. The summed E-state index contributed by atoms with van der Waals surface area (Å²) in [6.07, 6.45) is 4.34. The lowest BCUT2D eigenvalue weighted by molar-refractivity contribution is -0.154. The SMILES string of the molecule is C.CN(C)C(=O)COC(=O)[C@@H]1CCCN1C.Cc1cc(C[C@@H](OC(=O)N2CCC(N3CCc4ccccc4NC3=O)CC2)C(=O)N2CCC(C)CC2)cc2oc(=O)n(C)c12. The predicted octanol–water partition coefficient (Wildman–Crippen LogP) is 4.65. The third kappa shape index (κ3) is 10.9. The number of aryl methyl sites for hydroxylation is 2. The lowest BCUT2D eigenvalue weighted by Crippen LogP contribution is -2.51. The third-order valence-electron chi connectivity index (χ3n) is 12.1. The number of fused-ring (bicyclic) bond motifs is 2. The smallest absolute Gasteiger partial charge is 0.419 e. The number of likely N-dealkylation sites (tertiary alicyclic amines) is 3.